The Morgan fingerprint density at radius 2 is 1.95 bits per heavy atom. The number of H-pyrrole nitrogens is 1. The van der Waals surface area contributed by atoms with E-state index in [1.807, 2.05) is 6.92 Å². The highest BCUT2D eigenvalue weighted by Crippen LogP contribution is 2.26. The molecular weight excluding hydrogens is 333 g/mol. The molecule has 0 fully saturated rings. The predicted molar refractivity (Wildman–Crippen MR) is 85.4 cm³/mol. The second kappa shape index (κ2) is 6.70. The molecule has 1 aromatic carbocycles. The van der Waals surface area contributed by atoms with Crippen LogP contribution in [0.4, 0.5) is 5.69 Å². The van der Waals surface area contributed by atoms with Gasteiger partial charge in [0, 0.05) is 18.4 Å². The van der Waals surface area contributed by atoms with Gasteiger partial charge in [-0.2, -0.15) is 0 Å². The summed E-state index contributed by atoms with van der Waals surface area (Å²) in [6, 6.07) is 6.14. The lowest BCUT2D eigenvalue weighted by atomic mass is 10.3. The van der Waals surface area contributed by atoms with Crippen LogP contribution in [0.15, 0.2) is 35.4 Å². The van der Waals surface area contributed by atoms with Crippen LogP contribution < -0.4 is 10.0 Å². The zero-order valence-corrected chi connectivity index (χ0v) is 13.6. The van der Waals surface area contributed by atoms with Gasteiger partial charge < -0.3 is 10.3 Å². The third-order valence-corrected chi connectivity index (χ3v) is 4.86. The molecule has 0 atom stereocenters. The first kappa shape index (κ1) is 16.2. The normalized spacial score (nSPS) is 11.6. The standard InChI is InChI=1S/C13H15Cl2N3O2S/c1-2-16-7-10-5-11(8-17-10)21(19,20)18-9-3-4-12(14)13(15)6-9/h3-6,8,16-18H,2,7H2,1H3. The highest BCUT2D eigenvalue weighted by molar-refractivity contribution is 7.92. The van der Waals surface area contributed by atoms with E-state index in [-0.39, 0.29) is 4.90 Å². The van der Waals surface area contributed by atoms with Gasteiger partial charge in [0.25, 0.3) is 10.0 Å². The van der Waals surface area contributed by atoms with Crippen molar-refractivity contribution in [1.29, 1.82) is 0 Å². The van der Waals surface area contributed by atoms with Gasteiger partial charge in [-0.1, -0.05) is 30.1 Å². The summed E-state index contributed by atoms with van der Waals surface area (Å²) in [5.74, 6) is 0. The molecule has 0 amide bonds. The number of nitrogens with one attached hydrogen (secondary N) is 3. The quantitative estimate of drug-likeness (QED) is 0.750. The molecule has 8 heteroatoms. The molecule has 3 N–H and O–H groups in total. The van der Waals surface area contributed by atoms with E-state index in [4.69, 9.17) is 23.2 Å². The van der Waals surface area contributed by atoms with Gasteiger partial charge in [0.1, 0.15) is 4.90 Å². The molecule has 21 heavy (non-hydrogen) atoms. The maximum Gasteiger partial charge on any atom is 0.263 e. The number of sulfonamides is 1. The van der Waals surface area contributed by atoms with E-state index >= 15 is 0 Å². The zero-order valence-electron chi connectivity index (χ0n) is 11.3. The number of hydrogen-bond donors (Lipinski definition) is 3. The predicted octanol–water partition coefficient (Wildman–Crippen LogP) is 3.23. The van der Waals surface area contributed by atoms with Gasteiger partial charge in [0.05, 0.1) is 15.7 Å². The van der Waals surface area contributed by atoms with E-state index < -0.39 is 10.0 Å². The van der Waals surface area contributed by atoms with Crippen molar-refractivity contribution in [3.8, 4) is 0 Å². The third kappa shape index (κ3) is 4.14. The monoisotopic (exact) mass is 347 g/mol. The number of benzene rings is 1. The van der Waals surface area contributed by atoms with Crippen LogP contribution in [-0.2, 0) is 16.6 Å². The van der Waals surface area contributed by atoms with Gasteiger partial charge >= 0.3 is 0 Å². The van der Waals surface area contributed by atoms with Crippen molar-refractivity contribution < 1.29 is 8.42 Å². The molecule has 0 aliphatic heterocycles. The Morgan fingerprint density at radius 1 is 1.19 bits per heavy atom. The Bertz CT molecular complexity index is 729. The molecule has 1 heterocycles. The molecule has 0 bridgehead atoms. The fourth-order valence-electron chi connectivity index (χ4n) is 1.71. The number of aromatic amines is 1. The van der Waals surface area contributed by atoms with Crippen LogP contribution in [0, 0.1) is 0 Å². The summed E-state index contributed by atoms with van der Waals surface area (Å²) in [5.41, 5.74) is 1.16. The third-order valence-electron chi connectivity index (χ3n) is 2.76. The van der Waals surface area contributed by atoms with Crippen LogP contribution in [-0.4, -0.2) is 19.9 Å². The van der Waals surface area contributed by atoms with Crippen molar-refractivity contribution in [2.75, 3.05) is 11.3 Å². The first-order valence-electron chi connectivity index (χ1n) is 6.28. The Balaban J connectivity index is 2.17. The minimum Gasteiger partial charge on any atom is -0.363 e. The second-order valence-electron chi connectivity index (χ2n) is 4.38. The summed E-state index contributed by atoms with van der Waals surface area (Å²) in [4.78, 5) is 3.09. The van der Waals surface area contributed by atoms with Crippen molar-refractivity contribution >= 4 is 38.9 Å². The molecule has 0 radical (unpaired) electrons. The zero-order chi connectivity index (χ0) is 15.5. The van der Waals surface area contributed by atoms with E-state index in [0.29, 0.717) is 22.3 Å². The topological polar surface area (TPSA) is 74.0 Å². The summed E-state index contributed by atoms with van der Waals surface area (Å²) in [6.45, 7) is 3.37. The maximum atomic E-state index is 12.3. The van der Waals surface area contributed by atoms with E-state index in [1.54, 1.807) is 12.1 Å². The number of rotatable bonds is 6. The van der Waals surface area contributed by atoms with Gasteiger partial charge in [0.2, 0.25) is 0 Å². The Morgan fingerprint density at radius 3 is 2.62 bits per heavy atom. The summed E-state index contributed by atoms with van der Waals surface area (Å²) in [7, 11) is -3.66. The number of hydrogen-bond acceptors (Lipinski definition) is 3. The minimum atomic E-state index is -3.66. The van der Waals surface area contributed by atoms with Gasteiger partial charge in [0.15, 0.2) is 0 Å². The molecule has 2 rings (SSSR count). The average molecular weight is 348 g/mol. The van der Waals surface area contributed by atoms with Crippen molar-refractivity contribution in [2.45, 2.75) is 18.4 Å². The van der Waals surface area contributed by atoms with Crippen LogP contribution in [0.3, 0.4) is 0 Å². The van der Waals surface area contributed by atoms with Crippen LogP contribution in [0.2, 0.25) is 10.0 Å². The molecule has 0 aliphatic carbocycles. The van der Waals surface area contributed by atoms with Crippen molar-refractivity contribution in [1.82, 2.24) is 10.3 Å². The molecular formula is C13H15Cl2N3O2S. The summed E-state index contributed by atoms with van der Waals surface area (Å²) < 4.78 is 27.0. The lowest BCUT2D eigenvalue weighted by molar-refractivity contribution is 0.601. The Hall–Kier alpha value is -1.21. The molecule has 0 saturated heterocycles. The molecule has 1 aromatic heterocycles. The lowest BCUT2D eigenvalue weighted by Crippen LogP contribution is -2.13. The minimum absolute atomic E-state index is 0.168. The summed E-state index contributed by atoms with van der Waals surface area (Å²) >= 11 is 11.7. The van der Waals surface area contributed by atoms with Gasteiger partial charge in [-0.15, -0.1) is 0 Å². The second-order valence-corrected chi connectivity index (χ2v) is 6.87. The number of aromatic nitrogens is 1. The van der Waals surface area contributed by atoms with Crippen molar-refractivity contribution in [3.05, 3.63) is 46.2 Å². The van der Waals surface area contributed by atoms with Crippen molar-refractivity contribution in [2.24, 2.45) is 0 Å². The van der Waals surface area contributed by atoms with Crippen LogP contribution >= 0.6 is 23.2 Å². The highest BCUT2D eigenvalue weighted by atomic mass is 35.5. The Kier molecular flexibility index (Phi) is 5.16. The van der Waals surface area contributed by atoms with Gasteiger partial charge in [-0.05, 0) is 30.8 Å². The largest absolute Gasteiger partial charge is 0.363 e. The number of halogens is 2. The molecule has 114 valence electrons. The SMILES string of the molecule is CCNCc1cc(S(=O)(=O)Nc2ccc(Cl)c(Cl)c2)c[nH]1. The van der Waals surface area contributed by atoms with Crippen LogP contribution in [0.25, 0.3) is 0 Å². The summed E-state index contributed by atoms with van der Waals surface area (Å²) in [6.07, 6.45) is 1.45. The first-order valence-corrected chi connectivity index (χ1v) is 8.52. The smallest absolute Gasteiger partial charge is 0.263 e. The van der Waals surface area contributed by atoms with Gasteiger partial charge in [-0.25, -0.2) is 8.42 Å². The van der Waals surface area contributed by atoms with Crippen molar-refractivity contribution in [3.63, 3.8) is 0 Å². The van der Waals surface area contributed by atoms with Gasteiger partial charge in [-0.3, -0.25) is 4.72 Å². The summed E-state index contributed by atoms with van der Waals surface area (Å²) in [5, 5.41) is 3.77. The van der Waals surface area contributed by atoms with Crippen LogP contribution in [0.1, 0.15) is 12.6 Å². The number of anilines is 1. The molecule has 0 saturated carbocycles. The maximum absolute atomic E-state index is 12.3. The molecule has 0 aliphatic rings. The van der Waals surface area contributed by atoms with E-state index in [9.17, 15) is 8.42 Å². The average Bonchev–Trinajstić information content (AvgIpc) is 2.90. The van der Waals surface area contributed by atoms with E-state index in [0.717, 1.165) is 12.2 Å². The highest BCUT2D eigenvalue weighted by Gasteiger charge is 2.16. The fraction of sp³-hybridized carbons (Fsp3) is 0.231. The van der Waals surface area contributed by atoms with E-state index in [1.165, 1.54) is 18.3 Å². The first-order chi connectivity index (χ1) is 9.92. The van der Waals surface area contributed by atoms with E-state index in [2.05, 4.69) is 15.0 Å². The Labute approximate surface area is 133 Å². The molecule has 0 spiro atoms. The lowest BCUT2D eigenvalue weighted by Gasteiger charge is -2.07. The molecule has 5 nitrogen and oxygen atoms in total. The van der Waals surface area contributed by atoms with Crippen LogP contribution in [0.5, 0.6) is 0 Å². The molecule has 0 unspecified atom stereocenters. The fourth-order valence-corrected chi connectivity index (χ4v) is 3.07. The molecule has 2 aromatic rings.